The smallest absolute Gasteiger partial charge is 0.224 e. The summed E-state index contributed by atoms with van der Waals surface area (Å²) in [6, 6.07) is 9.00. The second kappa shape index (κ2) is 7.29. The highest BCUT2D eigenvalue weighted by molar-refractivity contribution is 5.93. The molecule has 5 heteroatoms. The van der Waals surface area contributed by atoms with Crippen LogP contribution >= 0.6 is 0 Å². The number of ether oxygens (including phenoxy) is 1. The molecule has 3 fully saturated rings. The van der Waals surface area contributed by atoms with E-state index in [0.717, 1.165) is 40.5 Å². The Morgan fingerprint density at radius 1 is 1.23 bits per heavy atom. The number of nitrogens with zero attached hydrogens (tertiary/aromatic N) is 1. The molecule has 4 aliphatic rings. The van der Waals surface area contributed by atoms with Crippen molar-refractivity contribution < 1.29 is 13.9 Å². The van der Waals surface area contributed by atoms with E-state index in [-0.39, 0.29) is 17.1 Å². The number of halogens is 1. The quantitative estimate of drug-likeness (QED) is 0.740. The van der Waals surface area contributed by atoms with E-state index in [9.17, 15) is 9.18 Å². The number of aryl methyl sites for hydroxylation is 2. The maximum Gasteiger partial charge on any atom is 0.224 e. The van der Waals surface area contributed by atoms with Gasteiger partial charge in [-0.1, -0.05) is 6.07 Å². The van der Waals surface area contributed by atoms with E-state index >= 15 is 0 Å². The SMILES string of the molecule is Cc1cc(N2CCOc3cc(F)ccc3C2)cc(C)c1NC(=O)CC12CCC(C1)C2. The summed E-state index contributed by atoms with van der Waals surface area (Å²) in [6.07, 6.45) is 5.64. The first-order valence-electron chi connectivity index (χ1n) is 11.0. The zero-order chi connectivity index (χ0) is 20.9. The number of carbonyl (C=O) groups is 1. The fourth-order valence-electron chi connectivity index (χ4n) is 5.73. The molecule has 2 aromatic carbocycles. The summed E-state index contributed by atoms with van der Waals surface area (Å²) in [5, 5.41) is 3.20. The van der Waals surface area contributed by atoms with Crippen molar-refractivity contribution in [3.05, 3.63) is 52.8 Å². The predicted molar refractivity (Wildman–Crippen MR) is 116 cm³/mol. The molecule has 4 nitrogen and oxygen atoms in total. The molecule has 2 bridgehead atoms. The van der Waals surface area contributed by atoms with Crippen LogP contribution in [0.1, 0.15) is 48.8 Å². The van der Waals surface area contributed by atoms with E-state index < -0.39 is 0 Å². The van der Waals surface area contributed by atoms with Crippen LogP contribution in [0.2, 0.25) is 0 Å². The van der Waals surface area contributed by atoms with Gasteiger partial charge in [-0.15, -0.1) is 0 Å². The summed E-state index contributed by atoms with van der Waals surface area (Å²) >= 11 is 0. The van der Waals surface area contributed by atoms with Crippen molar-refractivity contribution in [2.24, 2.45) is 11.3 Å². The molecule has 0 spiro atoms. The van der Waals surface area contributed by atoms with Gasteiger partial charge in [-0.05, 0) is 80.2 Å². The molecule has 3 saturated carbocycles. The minimum absolute atomic E-state index is 0.147. The third-order valence-electron chi connectivity index (χ3n) is 7.22. The number of anilines is 2. The van der Waals surface area contributed by atoms with Crippen molar-refractivity contribution in [3.8, 4) is 5.75 Å². The van der Waals surface area contributed by atoms with E-state index in [4.69, 9.17) is 4.74 Å². The van der Waals surface area contributed by atoms with Crippen LogP contribution in [-0.2, 0) is 11.3 Å². The number of carbonyl (C=O) groups excluding carboxylic acids is 1. The van der Waals surface area contributed by atoms with Gasteiger partial charge in [-0.25, -0.2) is 4.39 Å². The highest BCUT2D eigenvalue weighted by Crippen LogP contribution is 2.60. The van der Waals surface area contributed by atoms with Gasteiger partial charge in [0.25, 0.3) is 0 Å². The van der Waals surface area contributed by atoms with Gasteiger partial charge in [0.2, 0.25) is 5.91 Å². The first kappa shape index (κ1) is 19.4. The van der Waals surface area contributed by atoms with Crippen LogP contribution in [0.4, 0.5) is 15.8 Å². The van der Waals surface area contributed by atoms with Crippen LogP contribution in [0.3, 0.4) is 0 Å². The minimum atomic E-state index is -0.274. The summed E-state index contributed by atoms with van der Waals surface area (Å²) in [4.78, 5) is 15.0. The number of nitrogens with one attached hydrogen (secondary N) is 1. The van der Waals surface area contributed by atoms with Gasteiger partial charge in [-0.3, -0.25) is 4.79 Å². The Balaban J connectivity index is 1.32. The van der Waals surface area contributed by atoms with Gasteiger partial charge in [0, 0.05) is 36.0 Å². The highest BCUT2D eigenvalue weighted by atomic mass is 19.1. The molecule has 0 saturated heterocycles. The summed E-state index contributed by atoms with van der Waals surface area (Å²) in [5.41, 5.74) is 5.44. The van der Waals surface area contributed by atoms with Crippen LogP contribution in [0.15, 0.2) is 30.3 Å². The zero-order valence-electron chi connectivity index (χ0n) is 17.8. The third-order valence-corrected chi connectivity index (χ3v) is 7.22. The van der Waals surface area contributed by atoms with Crippen LogP contribution in [0.5, 0.6) is 5.75 Å². The highest BCUT2D eigenvalue weighted by Gasteiger charge is 2.50. The number of hydrogen-bond donors (Lipinski definition) is 1. The number of fused-ring (bicyclic) bond motifs is 2. The van der Waals surface area contributed by atoms with E-state index in [1.54, 1.807) is 6.07 Å². The summed E-state index contributed by atoms with van der Waals surface area (Å²) < 4.78 is 19.3. The van der Waals surface area contributed by atoms with Crippen molar-refractivity contribution >= 4 is 17.3 Å². The van der Waals surface area contributed by atoms with Gasteiger partial charge >= 0.3 is 0 Å². The van der Waals surface area contributed by atoms with Crippen molar-refractivity contribution in [1.82, 2.24) is 0 Å². The van der Waals surface area contributed by atoms with Gasteiger partial charge in [0.1, 0.15) is 18.2 Å². The van der Waals surface area contributed by atoms with Crippen LogP contribution in [-0.4, -0.2) is 19.1 Å². The molecule has 1 N–H and O–H groups in total. The molecule has 0 aromatic heterocycles. The van der Waals surface area contributed by atoms with Gasteiger partial charge < -0.3 is 15.0 Å². The van der Waals surface area contributed by atoms with E-state index in [2.05, 4.69) is 36.2 Å². The van der Waals surface area contributed by atoms with E-state index in [1.165, 1.54) is 37.8 Å². The molecule has 1 aliphatic heterocycles. The Kier molecular flexibility index (Phi) is 4.72. The lowest BCUT2D eigenvalue weighted by atomic mass is 9.67. The number of hydrogen-bond acceptors (Lipinski definition) is 3. The molecule has 158 valence electrons. The second-order valence-electron chi connectivity index (χ2n) is 9.51. The fourth-order valence-corrected chi connectivity index (χ4v) is 5.73. The maximum absolute atomic E-state index is 13.5. The molecule has 1 amide bonds. The van der Waals surface area contributed by atoms with E-state index in [1.807, 2.05) is 0 Å². The standard InChI is InChI=1S/C25H29FN2O2/c1-16-9-21(28-7-8-30-22-11-20(26)4-3-19(22)15-28)10-17(2)24(16)27-23(29)14-25-6-5-18(12-25)13-25/h3-4,9-11,18H,5-8,12-15H2,1-2H3,(H,27,29). The fraction of sp³-hybridized carbons (Fsp3) is 0.480. The lowest BCUT2D eigenvalue weighted by molar-refractivity contribution is -0.119. The molecule has 6 rings (SSSR count). The Morgan fingerprint density at radius 2 is 2.00 bits per heavy atom. The number of benzene rings is 2. The molecule has 30 heavy (non-hydrogen) atoms. The van der Waals surface area contributed by atoms with Crippen LogP contribution in [0.25, 0.3) is 0 Å². The summed E-state index contributed by atoms with van der Waals surface area (Å²) in [5.74, 6) is 1.37. The molecule has 1 heterocycles. The largest absolute Gasteiger partial charge is 0.491 e. The van der Waals surface area contributed by atoms with Crippen LogP contribution in [0, 0.1) is 31.0 Å². The molecule has 0 unspecified atom stereocenters. The number of amides is 1. The summed E-state index contributed by atoms with van der Waals surface area (Å²) in [6.45, 7) is 6.01. The molecule has 2 aromatic rings. The monoisotopic (exact) mass is 408 g/mol. The molecule has 3 aliphatic carbocycles. The molecular formula is C25H29FN2O2. The zero-order valence-corrected chi connectivity index (χ0v) is 17.8. The van der Waals surface area contributed by atoms with Gasteiger partial charge in [0.05, 0.1) is 6.54 Å². The average molecular weight is 409 g/mol. The van der Waals surface area contributed by atoms with E-state index in [0.29, 0.717) is 25.3 Å². The first-order chi connectivity index (χ1) is 14.4. The Morgan fingerprint density at radius 3 is 2.70 bits per heavy atom. The summed E-state index contributed by atoms with van der Waals surface area (Å²) in [7, 11) is 0. The van der Waals surface area contributed by atoms with Crippen LogP contribution < -0.4 is 15.0 Å². The van der Waals surface area contributed by atoms with Crippen molar-refractivity contribution in [2.75, 3.05) is 23.4 Å². The van der Waals surface area contributed by atoms with Crippen molar-refractivity contribution in [1.29, 1.82) is 0 Å². The van der Waals surface area contributed by atoms with Gasteiger partial charge in [-0.2, -0.15) is 0 Å². The Labute approximate surface area is 177 Å². The Bertz CT molecular complexity index is 968. The van der Waals surface area contributed by atoms with Gasteiger partial charge in [0.15, 0.2) is 0 Å². The Hall–Kier alpha value is -2.56. The minimum Gasteiger partial charge on any atom is -0.491 e. The second-order valence-corrected chi connectivity index (χ2v) is 9.51. The third kappa shape index (κ3) is 3.55. The molecular weight excluding hydrogens is 379 g/mol. The lowest BCUT2D eigenvalue weighted by Crippen LogP contribution is -2.32. The average Bonchev–Trinajstić information content (AvgIpc) is 3.18. The normalized spacial score (nSPS) is 24.5. The topological polar surface area (TPSA) is 41.6 Å². The molecule has 0 radical (unpaired) electrons. The van der Waals surface area contributed by atoms with Crippen molar-refractivity contribution in [2.45, 2.75) is 52.5 Å². The predicted octanol–water partition coefficient (Wildman–Crippen LogP) is 5.36. The molecule has 0 atom stereocenters. The first-order valence-corrected chi connectivity index (χ1v) is 11.0. The number of rotatable bonds is 4. The van der Waals surface area contributed by atoms with Crippen molar-refractivity contribution in [3.63, 3.8) is 0 Å². The lowest BCUT2D eigenvalue weighted by Gasteiger charge is -2.38. The maximum atomic E-state index is 13.5.